The molecule has 3 aliphatic rings. The highest BCUT2D eigenvalue weighted by atomic mass is 31.2. The highest BCUT2D eigenvalue weighted by molar-refractivity contribution is 8.48. The summed E-state index contributed by atoms with van der Waals surface area (Å²) in [6.07, 6.45) is 9.94. The van der Waals surface area contributed by atoms with Gasteiger partial charge in [-0.05, 0) is 93.9 Å². The number of hydrogen-bond donors (Lipinski definition) is 0. The van der Waals surface area contributed by atoms with Crippen molar-refractivity contribution in [1.82, 2.24) is 9.62 Å². The minimum absolute atomic E-state index is 0. The topological polar surface area (TPSA) is 6.48 Å². The predicted octanol–water partition coefficient (Wildman–Crippen LogP) is 7.77. The lowest BCUT2D eigenvalue weighted by Gasteiger charge is -2.63. The van der Waals surface area contributed by atoms with Crippen molar-refractivity contribution in [2.24, 2.45) is 0 Å². The zero-order valence-electron chi connectivity index (χ0n) is 24.9. The van der Waals surface area contributed by atoms with Crippen molar-refractivity contribution >= 4 is 64.2 Å². The Morgan fingerprint density at radius 1 is 0.515 bits per heavy atom. The molecule has 0 N–H and O–H groups in total. The summed E-state index contributed by atoms with van der Waals surface area (Å²) in [5.41, 5.74) is 1.52. The van der Waals surface area contributed by atoms with Gasteiger partial charge in [0.1, 0.15) is 0 Å². The molecule has 3 saturated heterocycles. The summed E-state index contributed by atoms with van der Waals surface area (Å²) in [7, 11) is 2.43. The fraction of sp³-hybridized carbons (Fsp3) is 1.00. The molecule has 0 spiro atoms. The maximum atomic E-state index is 2.93. The first kappa shape index (κ1) is 34.9. The molecule has 5 radical (unpaired) electrons. The Labute approximate surface area is 228 Å². The van der Waals surface area contributed by atoms with Crippen LogP contribution in [-0.4, -0.2) is 79.3 Å². The van der Waals surface area contributed by atoms with E-state index in [0.717, 1.165) is 29.2 Å². The van der Waals surface area contributed by atoms with E-state index in [-0.39, 0.29) is 35.0 Å². The summed E-state index contributed by atoms with van der Waals surface area (Å²) in [5.74, 6) is 0. The van der Waals surface area contributed by atoms with Crippen molar-refractivity contribution in [2.75, 3.05) is 0 Å². The Balaban J connectivity index is 0.000000991. The third kappa shape index (κ3) is 10.3. The molecule has 3 rings (SSSR count). The van der Waals surface area contributed by atoms with Crippen LogP contribution in [0.5, 0.6) is 0 Å². The summed E-state index contributed by atoms with van der Waals surface area (Å²) in [6, 6.07) is 0. The minimum Gasteiger partial charge on any atom is -0.326 e. The Kier molecular flexibility index (Phi) is 14.4. The zero-order chi connectivity index (χ0) is 25.1. The fourth-order valence-electron chi connectivity index (χ4n) is 6.02. The van der Waals surface area contributed by atoms with Crippen molar-refractivity contribution < 1.29 is 0 Å². The molecule has 0 atom stereocenters. The summed E-state index contributed by atoms with van der Waals surface area (Å²) < 4.78 is 0. The molecule has 3 aliphatic heterocycles. The average Bonchev–Trinajstić information content (AvgIpc) is 2.47. The summed E-state index contributed by atoms with van der Waals surface area (Å²) in [5, 5.41) is 0. The number of nitrogens with zero attached hydrogens (tertiary/aromatic N) is 2. The molecule has 0 aromatic carbocycles. The van der Waals surface area contributed by atoms with Gasteiger partial charge < -0.3 is 9.62 Å². The van der Waals surface area contributed by atoms with Crippen LogP contribution >= 0.6 is 16.7 Å². The van der Waals surface area contributed by atoms with Crippen LogP contribution in [-0.2, 0) is 0 Å². The molecule has 9 heteroatoms. The van der Waals surface area contributed by atoms with E-state index in [1.165, 1.54) is 38.5 Å². The minimum atomic E-state index is 0. The molecule has 0 saturated carbocycles. The predicted molar refractivity (Wildman–Crippen MR) is 168 cm³/mol. The van der Waals surface area contributed by atoms with Gasteiger partial charge in [0.2, 0.25) is 0 Å². The largest absolute Gasteiger partial charge is 0.326 e. The van der Waals surface area contributed by atoms with Gasteiger partial charge in [-0.3, -0.25) is 0 Å². The number of hydrogen-bond acceptors (Lipinski definition) is 2. The molecule has 0 bridgehead atoms. The number of piperidine rings is 2. The van der Waals surface area contributed by atoms with Gasteiger partial charge in [0.15, 0.2) is 0 Å². The van der Waals surface area contributed by atoms with Crippen molar-refractivity contribution in [2.45, 2.75) is 155 Å². The monoisotopic (exact) mass is 539 g/mol. The van der Waals surface area contributed by atoms with Crippen LogP contribution in [0.25, 0.3) is 0 Å². The van der Waals surface area contributed by atoms with Crippen molar-refractivity contribution in [3.8, 4) is 0 Å². The van der Waals surface area contributed by atoms with Gasteiger partial charge in [0, 0.05) is 57.1 Å². The second-order valence-corrected chi connectivity index (χ2v) is 23.8. The van der Waals surface area contributed by atoms with Crippen LogP contribution in [0.2, 0.25) is 39.3 Å². The summed E-state index contributed by atoms with van der Waals surface area (Å²) in [6.45, 7) is 33.5. The van der Waals surface area contributed by atoms with Gasteiger partial charge in [0.25, 0.3) is 12.6 Å². The van der Waals surface area contributed by atoms with E-state index in [0.29, 0.717) is 22.2 Å². The van der Waals surface area contributed by atoms with E-state index >= 15 is 0 Å². The van der Waals surface area contributed by atoms with Crippen molar-refractivity contribution in [1.29, 1.82) is 0 Å². The Morgan fingerprint density at radius 3 is 0.879 bits per heavy atom. The highest BCUT2D eigenvalue weighted by Crippen LogP contribution is 2.61. The van der Waals surface area contributed by atoms with Crippen LogP contribution in [0.3, 0.4) is 0 Å². The Morgan fingerprint density at radius 2 is 0.697 bits per heavy atom. The molecule has 0 unspecified atom stereocenters. The van der Waals surface area contributed by atoms with E-state index in [9.17, 15) is 0 Å². The van der Waals surface area contributed by atoms with Crippen LogP contribution in [0, 0.1) is 0 Å². The lowest BCUT2D eigenvalue weighted by atomic mass is 9.75. The fourth-order valence-corrected chi connectivity index (χ4v) is 11.4. The first-order valence-corrected chi connectivity index (χ1v) is 21.3. The smallest absolute Gasteiger partial charge is 0.262 e. The summed E-state index contributed by atoms with van der Waals surface area (Å²) >= 11 is 0. The molecular formula is C24H56AlB2N2P2Si2. The maximum absolute atomic E-state index is 2.93. The van der Waals surface area contributed by atoms with Crippen LogP contribution in [0.4, 0.5) is 0 Å². The first-order valence-electron chi connectivity index (χ1n) is 13.0. The van der Waals surface area contributed by atoms with Crippen molar-refractivity contribution in [3.63, 3.8) is 0 Å². The van der Waals surface area contributed by atoms with Gasteiger partial charge in [-0.2, -0.15) is 0 Å². The summed E-state index contributed by atoms with van der Waals surface area (Å²) in [4.78, 5) is 5.86. The third-order valence-electron chi connectivity index (χ3n) is 6.91. The van der Waals surface area contributed by atoms with Crippen LogP contribution in [0.15, 0.2) is 0 Å². The van der Waals surface area contributed by atoms with Gasteiger partial charge in [0.05, 0.1) is 0 Å². The van der Waals surface area contributed by atoms with E-state index in [1.807, 2.05) is 0 Å². The third-order valence-corrected chi connectivity index (χ3v) is 11.2. The molecule has 33 heavy (non-hydrogen) atoms. The van der Waals surface area contributed by atoms with Crippen molar-refractivity contribution in [3.05, 3.63) is 0 Å². The zero-order valence-corrected chi connectivity index (χ0v) is 30.0. The van der Waals surface area contributed by atoms with Crippen LogP contribution in [0.1, 0.15) is 93.9 Å². The molecule has 189 valence electrons. The number of rotatable bonds is 2. The molecule has 3 heterocycles. The van der Waals surface area contributed by atoms with E-state index in [2.05, 4.69) is 104 Å². The van der Waals surface area contributed by atoms with Gasteiger partial charge in [-0.15, -0.1) is 16.7 Å². The quantitative estimate of drug-likeness (QED) is 0.261. The van der Waals surface area contributed by atoms with Gasteiger partial charge in [-0.1, -0.05) is 39.3 Å². The molecule has 2 nitrogen and oxygen atoms in total. The first-order chi connectivity index (χ1) is 14.3. The molecule has 0 aromatic heterocycles. The molecule has 0 amide bonds. The van der Waals surface area contributed by atoms with E-state index in [1.54, 1.807) is 0 Å². The Hall–Kier alpha value is 1.88. The lowest BCUT2D eigenvalue weighted by Crippen LogP contribution is -2.69. The standard InChI is InChI=1S/C18H38B2N2P2.2C3H9Si.Al/c1-15(2)11-9-12-16(3,4)21(15)19-23-20(24-19)22-17(5,6)13-10-14-18(22,7)8;2*1-4(2)3;/h23-24H,9-14H2,1-8H3;2*1-3H3;. The molecule has 0 aliphatic carbocycles. The highest BCUT2D eigenvalue weighted by Gasteiger charge is 2.57. The second-order valence-electron chi connectivity index (χ2n) is 13.8. The van der Waals surface area contributed by atoms with E-state index < -0.39 is 0 Å². The lowest BCUT2D eigenvalue weighted by molar-refractivity contribution is 0.0522. The van der Waals surface area contributed by atoms with Gasteiger partial charge in [-0.25, -0.2) is 0 Å². The molecule has 3 fully saturated rings. The molecular weight excluding hydrogens is 483 g/mol. The normalized spacial score (nSPS) is 27.3. The van der Waals surface area contributed by atoms with Crippen LogP contribution < -0.4 is 0 Å². The van der Waals surface area contributed by atoms with E-state index in [4.69, 9.17) is 0 Å². The Bertz CT molecular complexity index is 501. The molecule has 0 aromatic rings. The average molecular weight is 539 g/mol. The second kappa shape index (κ2) is 13.6. The SMILES string of the molecule is CC1(C)CCCC(C)(C)N1B1PB(N2C(C)(C)CCCC2(C)C)P1.C[Si](C)C.C[Si](C)C.[Al]. The van der Waals surface area contributed by atoms with Gasteiger partial charge >= 0.3 is 0 Å². The maximum Gasteiger partial charge on any atom is 0.262 e.